The van der Waals surface area contributed by atoms with E-state index in [1.807, 2.05) is 12.1 Å². The first kappa shape index (κ1) is 48.9. The smallest absolute Gasteiger partial charge is 0.308 e. The zero-order valence-corrected chi connectivity index (χ0v) is 38.6. The number of ether oxygens (including phenoxy) is 3. The molecule has 4 aromatic carbocycles. The van der Waals surface area contributed by atoms with E-state index in [4.69, 9.17) is 19.9 Å². The number of rotatable bonds is 7. The number of esters is 1. The number of aliphatic hydroxyl groups excluding tert-OH is 4. The molecule has 2 fully saturated rings. The number of phenols is 1. The number of hydrogen-bond donors (Lipinski definition) is 9. The van der Waals surface area contributed by atoms with E-state index in [2.05, 4.69) is 11.8 Å². The summed E-state index contributed by atoms with van der Waals surface area (Å²) in [4.78, 5) is 57.1. The topological polar surface area (TPSA) is 284 Å². The zero-order chi connectivity index (χ0) is 50.0. The summed E-state index contributed by atoms with van der Waals surface area (Å²) in [7, 11) is 0. The number of ketones is 2. The van der Waals surface area contributed by atoms with Crippen molar-refractivity contribution in [1.29, 1.82) is 0 Å². The molecule has 9 rings (SSSR count). The Morgan fingerprint density at radius 1 is 0.943 bits per heavy atom. The van der Waals surface area contributed by atoms with Crippen molar-refractivity contribution in [3.63, 3.8) is 0 Å². The van der Waals surface area contributed by atoms with Crippen LogP contribution in [0.4, 0.5) is 0 Å². The number of aliphatic hydroxyl groups is 7. The Bertz CT molecular complexity index is 2930. The van der Waals surface area contributed by atoms with Crippen molar-refractivity contribution in [2.75, 3.05) is 0 Å². The molecule has 8 atom stereocenters. The number of nitrogens with two attached hydrogens (primary N) is 1. The molecule has 16 heteroatoms. The number of hydrogen-bond acceptors (Lipinski definition) is 16. The van der Waals surface area contributed by atoms with E-state index in [9.17, 15) is 50.4 Å². The van der Waals surface area contributed by atoms with Crippen molar-refractivity contribution in [3.05, 3.63) is 120 Å². The Labute approximate surface area is 403 Å². The van der Waals surface area contributed by atoms with Crippen LogP contribution in [0.1, 0.15) is 145 Å². The van der Waals surface area contributed by atoms with Crippen molar-refractivity contribution in [2.45, 2.75) is 133 Å². The van der Waals surface area contributed by atoms with Crippen LogP contribution in [0.3, 0.4) is 0 Å². The lowest BCUT2D eigenvalue weighted by molar-refractivity contribution is -0.371. The number of fused-ring (bicyclic) bond motifs is 5. The molecule has 1 heterocycles. The normalized spacial score (nSPS) is 27.2. The Morgan fingerprint density at radius 3 is 2.46 bits per heavy atom. The maximum absolute atomic E-state index is 15.7. The van der Waals surface area contributed by atoms with Gasteiger partial charge in [-0.25, -0.2) is 0 Å². The van der Waals surface area contributed by atoms with Crippen molar-refractivity contribution in [2.24, 2.45) is 11.7 Å². The minimum absolute atomic E-state index is 0.0462. The molecular formula is C54H55NO15. The predicted molar refractivity (Wildman–Crippen MR) is 251 cm³/mol. The van der Waals surface area contributed by atoms with E-state index >= 15 is 9.59 Å². The first-order valence-electron chi connectivity index (χ1n) is 23.5. The molecule has 5 aliphatic rings. The number of carbonyl (C=O) groups is 4. The van der Waals surface area contributed by atoms with Crippen LogP contribution in [0.2, 0.25) is 0 Å². The fourth-order valence-corrected chi connectivity index (χ4v) is 11.2. The Kier molecular flexibility index (Phi) is 13.2. The van der Waals surface area contributed by atoms with Gasteiger partial charge in [-0.2, -0.15) is 0 Å². The Morgan fingerprint density at radius 2 is 1.71 bits per heavy atom. The standard InChI is InChI=1S/C54H55NO15/c1-26-50(63)54(66,67)51(64)52(68-26)70-49-37-10-4-9-34(55)16-17-35(59)21-29-7-3-6-28(20-29)11-18-36-40(69-27(2)58)23-32(24-56)41-42(36)48(62)43(37)44(47(41)61)46(60)38(49)22-31-13-12-30-14-15-33-8-5-19-53(33,65)45(30)39(31)25-57/h3,6-7,11-13,18,20,23,25-26,33-35,50-52,56,59-60,63-67H,5,8,10,14-17,19,21-22,24,55H2,1-2H3/b18-11+/t26-,33-,34-,35+,50+,51-,52+,53+/m0/s1. The third kappa shape index (κ3) is 8.44. The van der Waals surface area contributed by atoms with Crippen LogP contribution in [0.15, 0.2) is 42.5 Å². The molecule has 0 amide bonds. The first-order valence-corrected chi connectivity index (χ1v) is 23.5. The van der Waals surface area contributed by atoms with Crippen LogP contribution in [0.25, 0.3) is 12.2 Å². The number of aromatic hydroxyl groups is 1. The second-order valence-electron chi connectivity index (χ2n) is 19.1. The summed E-state index contributed by atoms with van der Waals surface area (Å²) >= 11 is 0. The van der Waals surface area contributed by atoms with Crippen molar-refractivity contribution < 1.29 is 74.2 Å². The molecule has 70 heavy (non-hydrogen) atoms. The summed E-state index contributed by atoms with van der Waals surface area (Å²) in [5.74, 6) is -1.46. The van der Waals surface area contributed by atoms with E-state index in [1.54, 1.807) is 30.3 Å². The molecule has 1 saturated carbocycles. The van der Waals surface area contributed by atoms with Gasteiger partial charge >= 0.3 is 5.97 Å². The molecule has 10 N–H and O–H groups in total. The van der Waals surface area contributed by atoms with Crippen molar-refractivity contribution in [3.8, 4) is 29.1 Å². The maximum Gasteiger partial charge on any atom is 0.308 e. The molecule has 4 aromatic rings. The van der Waals surface area contributed by atoms with Crippen LogP contribution in [0.5, 0.6) is 17.2 Å². The van der Waals surface area contributed by atoms with Gasteiger partial charge in [0.25, 0.3) is 0 Å². The summed E-state index contributed by atoms with van der Waals surface area (Å²) in [5, 5.41) is 90.8. The molecule has 0 aromatic heterocycles. The van der Waals surface area contributed by atoms with Crippen LogP contribution < -0.4 is 15.2 Å². The van der Waals surface area contributed by atoms with Gasteiger partial charge in [-0.3, -0.25) is 19.2 Å². The zero-order valence-electron chi connectivity index (χ0n) is 38.6. The largest absolute Gasteiger partial charge is 0.507 e. The number of carbonyl (C=O) groups excluding carboxylic acids is 4. The fraction of sp³-hybridized carbons (Fsp3) is 0.407. The lowest BCUT2D eigenvalue weighted by Gasteiger charge is -2.44. The van der Waals surface area contributed by atoms with Crippen LogP contribution in [-0.2, 0) is 47.4 Å². The number of phenolic OH excluding ortho intramolecular Hbond substituents is 1. The molecule has 1 saturated heterocycles. The van der Waals surface area contributed by atoms with E-state index < -0.39 is 108 Å². The highest BCUT2D eigenvalue weighted by Crippen LogP contribution is 2.53. The molecular weight excluding hydrogens is 903 g/mol. The van der Waals surface area contributed by atoms with E-state index in [0.29, 0.717) is 36.7 Å². The molecule has 0 radical (unpaired) electrons. The average molecular weight is 958 g/mol. The van der Waals surface area contributed by atoms with Gasteiger partial charge < -0.3 is 60.8 Å². The van der Waals surface area contributed by atoms with E-state index in [-0.39, 0.29) is 75.4 Å². The third-order valence-electron chi connectivity index (χ3n) is 14.6. The Balaban J connectivity index is 1.34. The van der Waals surface area contributed by atoms with E-state index in [0.717, 1.165) is 30.9 Å². The first-order chi connectivity index (χ1) is 33.4. The molecule has 0 spiro atoms. The summed E-state index contributed by atoms with van der Waals surface area (Å²) < 4.78 is 17.9. The van der Waals surface area contributed by atoms with Crippen LogP contribution in [0, 0.1) is 17.8 Å². The van der Waals surface area contributed by atoms with Crippen LogP contribution >= 0.6 is 0 Å². The highest BCUT2D eigenvalue weighted by Gasteiger charge is 2.55. The summed E-state index contributed by atoms with van der Waals surface area (Å²) in [6, 6.07) is 11.1. The highest BCUT2D eigenvalue weighted by atomic mass is 16.7. The molecule has 0 unspecified atom stereocenters. The quantitative estimate of drug-likeness (QED) is 0.0372. The molecule has 4 bridgehead atoms. The van der Waals surface area contributed by atoms with Crippen molar-refractivity contribution >= 4 is 36.0 Å². The molecule has 366 valence electrons. The summed E-state index contributed by atoms with van der Waals surface area (Å²) in [5.41, 5.74) is 6.02. The Hall–Kier alpha value is -6.10. The van der Waals surface area contributed by atoms with Gasteiger partial charge in [-0.05, 0) is 110 Å². The second kappa shape index (κ2) is 18.9. The molecule has 4 aliphatic carbocycles. The van der Waals surface area contributed by atoms with Gasteiger partial charge in [0, 0.05) is 58.7 Å². The summed E-state index contributed by atoms with van der Waals surface area (Å²) in [6.07, 6.45) is -1.84. The monoisotopic (exact) mass is 957 g/mol. The predicted octanol–water partition coefficient (Wildman–Crippen LogP) is 3.19. The van der Waals surface area contributed by atoms with Gasteiger partial charge in [-0.1, -0.05) is 54.3 Å². The van der Waals surface area contributed by atoms with Gasteiger partial charge in [0.1, 0.15) is 23.4 Å². The maximum atomic E-state index is 15.7. The SMILES string of the molecule is CC(=O)Oc1cc(CO)c2c3c1/C=C/c1cccc(c1)C[C@H](O)CC[C@@H](N)C#CCc1c(O[C@H]4O[C@@H](C)[C@@H](O)C(O)(O)[C@H]4O)c(Cc4ccc5c(c4C=O)[C@@]4(O)CCC[C@H]4CC5)c(O)c(c1C3=O)C2=O. The number of aryl methyl sites for hydroxylation is 1. The molecule has 16 nitrogen and oxygen atoms in total. The molecule has 1 aliphatic heterocycles. The third-order valence-corrected chi connectivity index (χ3v) is 14.6. The minimum atomic E-state index is -3.21. The van der Waals surface area contributed by atoms with Gasteiger partial charge in [0.2, 0.25) is 12.1 Å². The van der Waals surface area contributed by atoms with E-state index in [1.165, 1.54) is 19.1 Å². The highest BCUT2D eigenvalue weighted by molar-refractivity contribution is 6.32. The average Bonchev–Trinajstić information content (AvgIpc) is 3.73. The minimum Gasteiger partial charge on any atom is -0.507 e. The number of benzene rings is 4. The lowest BCUT2D eigenvalue weighted by Crippen LogP contribution is -2.67. The lowest BCUT2D eigenvalue weighted by atomic mass is 9.70. The number of aldehydes is 1. The fourth-order valence-electron chi connectivity index (χ4n) is 11.2. The van der Waals surface area contributed by atoms with Crippen LogP contribution in [-0.4, -0.2) is 107 Å². The van der Waals surface area contributed by atoms with Gasteiger partial charge in [0.15, 0.2) is 24.0 Å². The van der Waals surface area contributed by atoms with Crippen molar-refractivity contribution in [1.82, 2.24) is 0 Å². The summed E-state index contributed by atoms with van der Waals surface area (Å²) in [6.45, 7) is 1.60. The second-order valence-corrected chi connectivity index (χ2v) is 19.1. The van der Waals surface area contributed by atoms with Gasteiger partial charge in [-0.15, -0.1) is 0 Å². The van der Waals surface area contributed by atoms with Gasteiger partial charge in [0.05, 0.1) is 36.0 Å².